The van der Waals surface area contributed by atoms with Crippen LogP contribution in [0.15, 0.2) is 24.3 Å². The molecule has 0 aliphatic rings. The van der Waals surface area contributed by atoms with Gasteiger partial charge in [-0.15, -0.1) is 0 Å². The van der Waals surface area contributed by atoms with Crippen molar-refractivity contribution in [3.8, 4) is 0 Å². The number of Topliss-reactive ketones (excluding diaryl/α,β-unsaturated/α-hetero) is 1. The van der Waals surface area contributed by atoms with E-state index in [0.29, 0.717) is 12.5 Å². The number of hydrogen-bond acceptors (Lipinski definition) is 3. The van der Waals surface area contributed by atoms with E-state index in [4.69, 9.17) is 0 Å². The standard InChI is InChI=1S/C15H23NOS/c1-12-6-5-7-14(10-12)15(17)8-9-16(3)13(2)11-18-4/h5-7,10,13H,8-9,11H2,1-4H3. The van der Waals surface area contributed by atoms with Gasteiger partial charge in [0.15, 0.2) is 5.78 Å². The van der Waals surface area contributed by atoms with Gasteiger partial charge >= 0.3 is 0 Å². The molecule has 0 N–H and O–H groups in total. The molecule has 0 heterocycles. The van der Waals surface area contributed by atoms with Gasteiger partial charge in [-0.25, -0.2) is 0 Å². The molecule has 0 aromatic heterocycles. The molecule has 0 bridgehead atoms. The minimum absolute atomic E-state index is 0.238. The fourth-order valence-corrected chi connectivity index (χ4v) is 2.57. The molecule has 0 aliphatic carbocycles. The van der Waals surface area contributed by atoms with Crippen LogP contribution in [-0.4, -0.2) is 42.3 Å². The Bertz CT molecular complexity index is 392. The molecule has 18 heavy (non-hydrogen) atoms. The van der Waals surface area contributed by atoms with Crippen molar-refractivity contribution >= 4 is 17.5 Å². The highest BCUT2D eigenvalue weighted by Crippen LogP contribution is 2.09. The highest BCUT2D eigenvalue weighted by atomic mass is 32.2. The zero-order valence-electron chi connectivity index (χ0n) is 11.8. The summed E-state index contributed by atoms with van der Waals surface area (Å²) in [6.45, 7) is 5.05. The molecule has 0 saturated carbocycles. The molecule has 1 unspecified atom stereocenters. The lowest BCUT2D eigenvalue weighted by molar-refractivity contribution is 0.0964. The van der Waals surface area contributed by atoms with Crippen LogP contribution in [0.3, 0.4) is 0 Å². The van der Waals surface area contributed by atoms with Gasteiger partial charge in [0.25, 0.3) is 0 Å². The molecule has 0 amide bonds. The van der Waals surface area contributed by atoms with Crippen LogP contribution in [-0.2, 0) is 0 Å². The summed E-state index contributed by atoms with van der Waals surface area (Å²) >= 11 is 1.84. The predicted molar refractivity (Wildman–Crippen MR) is 80.6 cm³/mol. The maximum atomic E-state index is 12.0. The third kappa shape index (κ3) is 4.83. The Hall–Kier alpha value is -0.800. The van der Waals surface area contributed by atoms with Gasteiger partial charge in [0.1, 0.15) is 0 Å². The number of carbonyl (C=O) groups is 1. The Morgan fingerprint density at radius 3 is 2.78 bits per heavy atom. The van der Waals surface area contributed by atoms with Gasteiger partial charge in [0.05, 0.1) is 0 Å². The van der Waals surface area contributed by atoms with Crippen molar-refractivity contribution in [1.29, 1.82) is 0 Å². The van der Waals surface area contributed by atoms with Gasteiger partial charge in [-0.05, 0) is 33.2 Å². The zero-order valence-corrected chi connectivity index (χ0v) is 12.6. The lowest BCUT2D eigenvalue weighted by Gasteiger charge is -2.23. The second-order valence-corrected chi connectivity index (χ2v) is 5.74. The summed E-state index contributed by atoms with van der Waals surface area (Å²) in [6.07, 6.45) is 2.71. The Balaban J connectivity index is 2.46. The molecule has 1 aromatic rings. The number of aryl methyl sites for hydroxylation is 1. The second kappa shape index (κ2) is 7.59. The molecule has 0 fully saturated rings. The first-order valence-corrected chi connectivity index (χ1v) is 7.73. The molecule has 3 heteroatoms. The first-order chi connectivity index (χ1) is 8.54. The Kier molecular flexibility index (Phi) is 6.44. The van der Waals surface area contributed by atoms with Crippen molar-refractivity contribution in [2.24, 2.45) is 0 Å². The highest BCUT2D eigenvalue weighted by molar-refractivity contribution is 7.98. The molecule has 2 nitrogen and oxygen atoms in total. The third-order valence-electron chi connectivity index (χ3n) is 3.19. The summed E-state index contributed by atoms with van der Waals surface area (Å²) in [6, 6.07) is 8.35. The van der Waals surface area contributed by atoms with Crippen LogP contribution in [0, 0.1) is 6.92 Å². The highest BCUT2D eigenvalue weighted by Gasteiger charge is 2.11. The monoisotopic (exact) mass is 265 g/mol. The summed E-state index contributed by atoms with van der Waals surface area (Å²) in [5, 5.41) is 0. The lowest BCUT2D eigenvalue weighted by atomic mass is 10.1. The first kappa shape index (κ1) is 15.3. The SMILES string of the molecule is CSCC(C)N(C)CCC(=O)c1cccc(C)c1. The molecule has 0 radical (unpaired) electrons. The van der Waals surface area contributed by atoms with E-state index in [1.807, 2.05) is 43.0 Å². The Labute approximate surface area is 115 Å². The molecule has 0 spiro atoms. The number of ketones is 1. The second-order valence-electron chi connectivity index (χ2n) is 4.83. The quantitative estimate of drug-likeness (QED) is 0.706. The van der Waals surface area contributed by atoms with Crippen molar-refractivity contribution in [1.82, 2.24) is 4.90 Å². The number of nitrogens with zero attached hydrogens (tertiary/aromatic N) is 1. The fourth-order valence-electron chi connectivity index (χ4n) is 1.83. The van der Waals surface area contributed by atoms with Crippen LogP contribution in [0.25, 0.3) is 0 Å². The van der Waals surface area contributed by atoms with Crippen LogP contribution < -0.4 is 0 Å². The van der Waals surface area contributed by atoms with E-state index in [-0.39, 0.29) is 5.78 Å². The average Bonchev–Trinajstić information content (AvgIpc) is 2.35. The third-order valence-corrected chi connectivity index (χ3v) is 4.01. The first-order valence-electron chi connectivity index (χ1n) is 6.33. The van der Waals surface area contributed by atoms with Crippen LogP contribution in [0.4, 0.5) is 0 Å². The summed E-state index contributed by atoms with van der Waals surface area (Å²) < 4.78 is 0. The minimum Gasteiger partial charge on any atom is -0.302 e. The largest absolute Gasteiger partial charge is 0.302 e. The van der Waals surface area contributed by atoms with Crippen LogP contribution in [0.1, 0.15) is 29.3 Å². The van der Waals surface area contributed by atoms with Crippen LogP contribution in [0.2, 0.25) is 0 Å². The molecule has 0 saturated heterocycles. The number of hydrogen-bond donors (Lipinski definition) is 0. The zero-order chi connectivity index (χ0) is 13.5. The summed E-state index contributed by atoms with van der Waals surface area (Å²) in [4.78, 5) is 14.3. The minimum atomic E-state index is 0.238. The summed E-state index contributed by atoms with van der Waals surface area (Å²) in [5.41, 5.74) is 1.98. The molecule has 1 aromatic carbocycles. The molecule has 1 atom stereocenters. The Morgan fingerprint density at radius 2 is 2.17 bits per heavy atom. The van der Waals surface area contributed by atoms with E-state index >= 15 is 0 Å². The van der Waals surface area contributed by atoms with E-state index in [1.54, 1.807) is 0 Å². The van der Waals surface area contributed by atoms with Crippen molar-refractivity contribution < 1.29 is 4.79 Å². The molecule has 0 aliphatic heterocycles. The van der Waals surface area contributed by atoms with Gasteiger partial charge in [-0.3, -0.25) is 4.79 Å². The van der Waals surface area contributed by atoms with Gasteiger partial charge in [0.2, 0.25) is 0 Å². The number of benzene rings is 1. The average molecular weight is 265 g/mol. The van der Waals surface area contributed by atoms with Crippen LogP contribution >= 0.6 is 11.8 Å². The normalized spacial score (nSPS) is 12.7. The number of thioether (sulfide) groups is 1. The van der Waals surface area contributed by atoms with Crippen LogP contribution in [0.5, 0.6) is 0 Å². The molecular formula is C15H23NOS. The van der Waals surface area contributed by atoms with E-state index in [9.17, 15) is 4.79 Å². The molecule has 1 rings (SSSR count). The lowest BCUT2D eigenvalue weighted by Crippen LogP contribution is -2.32. The molecule has 100 valence electrons. The van der Waals surface area contributed by atoms with Crippen molar-refractivity contribution in [2.45, 2.75) is 26.3 Å². The maximum Gasteiger partial charge on any atom is 0.164 e. The number of rotatable bonds is 7. The Morgan fingerprint density at radius 1 is 1.44 bits per heavy atom. The van der Waals surface area contributed by atoms with Crippen molar-refractivity contribution in [3.63, 3.8) is 0 Å². The summed E-state index contributed by atoms with van der Waals surface area (Å²) in [5.74, 6) is 1.34. The van der Waals surface area contributed by atoms with Gasteiger partial charge in [-0.2, -0.15) is 11.8 Å². The maximum absolute atomic E-state index is 12.0. The van der Waals surface area contributed by atoms with E-state index in [0.717, 1.165) is 23.4 Å². The topological polar surface area (TPSA) is 20.3 Å². The fraction of sp³-hybridized carbons (Fsp3) is 0.533. The van der Waals surface area contributed by atoms with Gasteiger partial charge < -0.3 is 4.90 Å². The smallest absolute Gasteiger partial charge is 0.164 e. The van der Waals surface area contributed by atoms with Crippen molar-refractivity contribution in [3.05, 3.63) is 35.4 Å². The van der Waals surface area contributed by atoms with E-state index in [1.165, 1.54) is 0 Å². The molecular weight excluding hydrogens is 242 g/mol. The van der Waals surface area contributed by atoms with Crippen molar-refractivity contribution in [2.75, 3.05) is 25.6 Å². The van der Waals surface area contributed by atoms with Gasteiger partial charge in [-0.1, -0.05) is 23.8 Å². The van der Waals surface area contributed by atoms with E-state index in [2.05, 4.69) is 25.1 Å². The summed E-state index contributed by atoms with van der Waals surface area (Å²) in [7, 11) is 2.09. The van der Waals surface area contributed by atoms with Gasteiger partial charge in [0, 0.05) is 30.3 Å². The number of carbonyl (C=O) groups excluding carboxylic acids is 1. The predicted octanol–water partition coefficient (Wildman–Crippen LogP) is 3.25. The van der Waals surface area contributed by atoms with E-state index < -0.39 is 0 Å².